The lowest BCUT2D eigenvalue weighted by atomic mass is 10.2. The van der Waals surface area contributed by atoms with Crippen molar-refractivity contribution < 1.29 is 13.2 Å². The standard InChI is InChI=1S/C17H17Cl3N2O3S/c1-10-13(18)5-4-6-16(10)21-17(23)11(2)22(26(3,24)25)12-7-8-14(19)15(20)9-12/h4-9,11H,1-3H3,(H,21,23). The molecule has 0 aromatic heterocycles. The predicted molar refractivity (Wildman–Crippen MR) is 108 cm³/mol. The van der Waals surface area contributed by atoms with Gasteiger partial charge in [0.05, 0.1) is 22.0 Å². The van der Waals surface area contributed by atoms with Gasteiger partial charge in [-0.15, -0.1) is 0 Å². The molecule has 0 saturated heterocycles. The number of sulfonamides is 1. The van der Waals surface area contributed by atoms with E-state index in [1.54, 1.807) is 25.1 Å². The lowest BCUT2D eigenvalue weighted by molar-refractivity contribution is -0.116. The van der Waals surface area contributed by atoms with E-state index >= 15 is 0 Å². The number of rotatable bonds is 5. The molecule has 0 aliphatic heterocycles. The molecule has 0 heterocycles. The second kappa shape index (κ2) is 8.05. The fourth-order valence-electron chi connectivity index (χ4n) is 2.41. The summed E-state index contributed by atoms with van der Waals surface area (Å²) in [4.78, 5) is 12.7. The van der Waals surface area contributed by atoms with E-state index < -0.39 is 22.0 Å². The molecule has 140 valence electrons. The molecule has 0 aliphatic rings. The summed E-state index contributed by atoms with van der Waals surface area (Å²) < 4.78 is 25.6. The van der Waals surface area contributed by atoms with Crippen molar-refractivity contribution in [2.45, 2.75) is 19.9 Å². The number of halogens is 3. The van der Waals surface area contributed by atoms with Gasteiger partial charge < -0.3 is 5.32 Å². The van der Waals surface area contributed by atoms with Gasteiger partial charge in [-0.2, -0.15) is 0 Å². The largest absolute Gasteiger partial charge is 0.324 e. The highest BCUT2D eigenvalue weighted by atomic mass is 35.5. The Bertz CT molecular complexity index is 948. The van der Waals surface area contributed by atoms with Crippen LogP contribution in [0.15, 0.2) is 36.4 Å². The Hall–Kier alpha value is -1.47. The van der Waals surface area contributed by atoms with Crippen LogP contribution in [0.25, 0.3) is 0 Å². The average Bonchev–Trinajstić information content (AvgIpc) is 2.54. The van der Waals surface area contributed by atoms with Crippen molar-refractivity contribution in [2.24, 2.45) is 0 Å². The lowest BCUT2D eigenvalue weighted by Gasteiger charge is -2.28. The van der Waals surface area contributed by atoms with E-state index in [0.29, 0.717) is 16.3 Å². The highest BCUT2D eigenvalue weighted by Crippen LogP contribution is 2.30. The maximum atomic E-state index is 12.7. The molecule has 9 heteroatoms. The number of anilines is 2. The molecule has 1 amide bonds. The zero-order chi connectivity index (χ0) is 19.6. The summed E-state index contributed by atoms with van der Waals surface area (Å²) in [6.45, 7) is 3.24. The van der Waals surface area contributed by atoms with Gasteiger partial charge in [-0.05, 0) is 49.7 Å². The highest BCUT2D eigenvalue weighted by molar-refractivity contribution is 7.92. The fourth-order valence-corrected chi connectivity index (χ4v) is 4.04. The minimum atomic E-state index is -3.76. The van der Waals surface area contributed by atoms with E-state index in [4.69, 9.17) is 34.8 Å². The van der Waals surface area contributed by atoms with Gasteiger partial charge in [0.15, 0.2) is 0 Å². The van der Waals surface area contributed by atoms with Crippen LogP contribution in [-0.2, 0) is 14.8 Å². The normalized spacial score (nSPS) is 12.5. The molecule has 1 N–H and O–H groups in total. The number of hydrogen-bond donors (Lipinski definition) is 1. The third kappa shape index (κ3) is 4.62. The Morgan fingerprint density at radius 3 is 2.31 bits per heavy atom. The second-order valence-electron chi connectivity index (χ2n) is 5.73. The zero-order valence-electron chi connectivity index (χ0n) is 14.3. The Balaban J connectivity index is 2.37. The summed E-state index contributed by atoms with van der Waals surface area (Å²) >= 11 is 17.9. The fraction of sp³-hybridized carbons (Fsp3) is 0.235. The number of nitrogens with one attached hydrogen (secondary N) is 1. The van der Waals surface area contributed by atoms with Crippen molar-refractivity contribution in [2.75, 3.05) is 15.9 Å². The highest BCUT2D eigenvalue weighted by Gasteiger charge is 2.29. The third-order valence-electron chi connectivity index (χ3n) is 3.77. The molecule has 5 nitrogen and oxygen atoms in total. The molecule has 1 atom stereocenters. The van der Waals surface area contributed by atoms with Gasteiger partial charge in [-0.1, -0.05) is 40.9 Å². The van der Waals surface area contributed by atoms with Crippen LogP contribution in [0.5, 0.6) is 0 Å². The van der Waals surface area contributed by atoms with Crippen molar-refractivity contribution in [1.29, 1.82) is 0 Å². The summed E-state index contributed by atoms with van der Waals surface area (Å²) in [5.74, 6) is -0.508. The minimum absolute atomic E-state index is 0.191. The van der Waals surface area contributed by atoms with Gasteiger partial charge in [0.2, 0.25) is 15.9 Å². The Kier molecular flexibility index (Phi) is 6.45. The van der Waals surface area contributed by atoms with E-state index in [1.807, 2.05) is 0 Å². The van der Waals surface area contributed by atoms with Gasteiger partial charge in [0, 0.05) is 10.7 Å². The van der Waals surface area contributed by atoms with Crippen LogP contribution in [0.4, 0.5) is 11.4 Å². The maximum absolute atomic E-state index is 12.7. The quantitative estimate of drug-likeness (QED) is 0.737. The molecule has 0 radical (unpaired) electrons. The van der Waals surface area contributed by atoms with Crippen LogP contribution in [-0.4, -0.2) is 26.6 Å². The third-order valence-corrected chi connectivity index (χ3v) is 6.16. The summed E-state index contributed by atoms with van der Waals surface area (Å²) in [5.41, 5.74) is 1.44. The van der Waals surface area contributed by atoms with Crippen LogP contribution < -0.4 is 9.62 Å². The van der Waals surface area contributed by atoms with Gasteiger partial charge in [0.25, 0.3) is 0 Å². The molecular formula is C17H17Cl3N2O3S. The van der Waals surface area contributed by atoms with Gasteiger partial charge in [-0.3, -0.25) is 9.10 Å². The molecule has 1 unspecified atom stereocenters. The van der Waals surface area contributed by atoms with Gasteiger partial charge >= 0.3 is 0 Å². The van der Waals surface area contributed by atoms with Crippen LogP contribution >= 0.6 is 34.8 Å². The minimum Gasteiger partial charge on any atom is -0.324 e. The summed E-state index contributed by atoms with van der Waals surface area (Å²) in [6.07, 6.45) is 1.02. The molecule has 0 spiro atoms. The Morgan fingerprint density at radius 1 is 1.08 bits per heavy atom. The first-order valence-corrected chi connectivity index (χ1v) is 10.5. The molecule has 0 aliphatic carbocycles. The van der Waals surface area contributed by atoms with Crippen LogP contribution in [0.3, 0.4) is 0 Å². The Morgan fingerprint density at radius 2 is 1.73 bits per heavy atom. The number of carbonyl (C=O) groups excluding carboxylic acids is 1. The SMILES string of the molecule is Cc1c(Cl)cccc1NC(=O)C(C)N(c1ccc(Cl)c(Cl)c1)S(C)(=O)=O. The number of nitrogens with zero attached hydrogens (tertiary/aromatic N) is 1. The van der Waals surface area contributed by atoms with E-state index in [0.717, 1.165) is 10.6 Å². The maximum Gasteiger partial charge on any atom is 0.248 e. The van der Waals surface area contributed by atoms with Crippen molar-refractivity contribution in [3.05, 3.63) is 57.0 Å². The molecule has 26 heavy (non-hydrogen) atoms. The predicted octanol–water partition coefficient (Wildman–Crippen LogP) is 4.75. The van der Waals surface area contributed by atoms with Crippen LogP contribution in [0, 0.1) is 6.92 Å². The van der Waals surface area contributed by atoms with Crippen molar-refractivity contribution in [3.8, 4) is 0 Å². The Labute approximate surface area is 167 Å². The van der Waals surface area contributed by atoms with Gasteiger partial charge in [0.1, 0.15) is 6.04 Å². The zero-order valence-corrected chi connectivity index (χ0v) is 17.3. The number of carbonyl (C=O) groups is 1. The van der Waals surface area contributed by atoms with E-state index in [1.165, 1.54) is 25.1 Å². The van der Waals surface area contributed by atoms with Crippen molar-refractivity contribution in [1.82, 2.24) is 0 Å². The first kappa shape index (κ1) is 20.8. The van der Waals surface area contributed by atoms with Gasteiger partial charge in [-0.25, -0.2) is 8.42 Å². The number of benzene rings is 2. The number of hydrogen-bond acceptors (Lipinski definition) is 3. The van der Waals surface area contributed by atoms with Crippen LogP contribution in [0.2, 0.25) is 15.1 Å². The molecule has 2 aromatic carbocycles. The molecule has 0 bridgehead atoms. The van der Waals surface area contributed by atoms with E-state index in [-0.39, 0.29) is 15.7 Å². The molecule has 0 saturated carbocycles. The first-order chi connectivity index (χ1) is 12.0. The topological polar surface area (TPSA) is 66.5 Å². The average molecular weight is 436 g/mol. The van der Waals surface area contributed by atoms with E-state index in [9.17, 15) is 13.2 Å². The summed E-state index contributed by atoms with van der Waals surface area (Å²) in [6, 6.07) is 8.43. The van der Waals surface area contributed by atoms with Crippen molar-refractivity contribution in [3.63, 3.8) is 0 Å². The summed E-state index contributed by atoms with van der Waals surface area (Å²) in [7, 11) is -3.76. The molecular weight excluding hydrogens is 419 g/mol. The van der Waals surface area contributed by atoms with Crippen LogP contribution in [0.1, 0.15) is 12.5 Å². The smallest absolute Gasteiger partial charge is 0.248 e. The lowest BCUT2D eigenvalue weighted by Crippen LogP contribution is -2.45. The molecule has 2 aromatic rings. The summed E-state index contributed by atoms with van der Waals surface area (Å²) in [5, 5.41) is 3.69. The monoisotopic (exact) mass is 434 g/mol. The van der Waals surface area contributed by atoms with E-state index in [2.05, 4.69) is 5.32 Å². The number of amides is 1. The molecule has 2 rings (SSSR count). The molecule has 0 fully saturated rings. The first-order valence-electron chi connectivity index (χ1n) is 7.53. The van der Waals surface area contributed by atoms with Crippen molar-refractivity contribution >= 4 is 62.1 Å². The second-order valence-corrected chi connectivity index (χ2v) is 8.82.